The van der Waals surface area contributed by atoms with Crippen LogP contribution in [0.2, 0.25) is 0 Å². The molecule has 1 heterocycles. The van der Waals surface area contributed by atoms with Gasteiger partial charge in [0.25, 0.3) is 5.69 Å². The molecular formula is C14H21N3O4S. The van der Waals surface area contributed by atoms with Crippen LogP contribution in [0.5, 0.6) is 0 Å². The van der Waals surface area contributed by atoms with Crippen molar-refractivity contribution in [3.63, 3.8) is 0 Å². The third-order valence-corrected chi connectivity index (χ3v) is 5.40. The van der Waals surface area contributed by atoms with Gasteiger partial charge in [-0.05, 0) is 50.8 Å². The number of nitro benzene ring substituents is 1. The van der Waals surface area contributed by atoms with E-state index in [0.29, 0.717) is 12.5 Å². The highest BCUT2D eigenvalue weighted by atomic mass is 32.2. The van der Waals surface area contributed by atoms with Crippen LogP contribution in [0.1, 0.15) is 25.7 Å². The molecule has 0 spiro atoms. The molecular weight excluding hydrogens is 306 g/mol. The van der Waals surface area contributed by atoms with Crippen molar-refractivity contribution in [3.8, 4) is 0 Å². The Balaban J connectivity index is 1.90. The van der Waals surface area contributed by atoms with Gasteiger partial charge >= 0.3 is 0 Å². The van der Waals surface area contributed by atoms with Crippen LogP contribution in [-0.4, -0.2) is 33.0 Å². The summed E-state index contributed by atoms with van der Waals surface area (Å²) in [7, 11) is -3.84. The summed E-state index contributed by atoms with van der Waals surface area (Å²) < 4.78 is 26.8. The van der Waals surface area contributed by atoms with Gasteiger partial charge in [-0.15, -0.1) is 0 Å². The van der Waals surface area contributed by atoms with Crippen molar-refractivity contribution in [1.82, 2.24) is 10.0 Å². The predicted octanol–water partition coefficient (Wildman–Crippen LogP) is 1.65. The van der Waals surface area contributed by atoms with E-state index in [0.717, 1.165) is 38.8 Å². The Morgan fingerprint density at radius 3 is 2.64 bits per heavy atom. The van der Waals surface area contributed by atoms with Crippen molar-refractivity contribution in [2.75, 3.05) is 19.6 Å². The molecule has 8 heteroatoms. The summed E-state index contributed by atoms with van der Waals surface area (Å²) in [5, 5.41) is 14.2. The molecule has 1 saturated heterocycles. The van der Waals surface area contributed by atoms with E-state index in [2.05, 4.69) is 10.0 Å². The van der Waals surface area contributed by atoms with E-state index in [4.69, 9.17) is 0 Å². The number of piperidine rings is 1. The van der Waals surface area contributed by atoms with Crippen LogP contribution >= 0.6 is 0 Å². The summed E-state index contributed by atoms with van der Waals surface area (Å²) in [6.07, 6.45) is 3.96. The molecule has 0 atom stereocenters. The second kappa shape index (κ2) is 7.66. The third kappa shape index (κ3) is 4.49. The zero-order valence-electron chi connectivity index (χ0n) is 12.3. The van der Waals surface area contributed by atoms with E-state index < -0.39 is 20.6 Å². The minimum Gasteiger partial charge on any atom is -0.317 e. The molecule has 0 aromatic heterocycles. The van der Waals surface area contributed by atoms with Gasteiger partial charge in [-0.3, -0.25) is 10.1 Å². The monoisotopic (exact) mass is 327 g/mol. The Morgan fingerprint density at radius 2 is 1.95 bits per heavy atom. The molecule has 2 rings (SSSR count). The van der Waals surface area contributed by atoms with Gasteiger partial charge in [0.05, 0.1) is 4.92 Å². The Labute approximate surface area is 130 Å². The van der Waals surface area contributed by atoms with Crippen molar-refractivity contribution < 1.29 is 13.3 Å². The molecule has 7 nitrogen and oxygen atoms in total. The van der Waals surface area contributed by atoms with E-state index >= 15 is 0 Å². The topological polar surface area (TPSA) is 101 Å². The number of hydrogen-bond acceptors (Lipinski definition) is 5. The molecule has 0 radical (unpaired) electrons. The van der Waals surface area contributed by atoms with Gasteiger partial charge in [-0.25, -0.2) is 13.1 Å². The maximum Gasteiger partial charge on any atom is 0.289 e. The highest BCUT2D eigenvalue weighted by Crippen LogP contribution is 2.23. The fraction of sp³-hybridized carbons (Fsp3) is 0.571. The summed E-state index contributed by atoms with van der Waals surface area (Å²) >= 11 is 0. The molecule has 122 valence electrons. The fourth-order valence-electron chi connectivity index (χ4n) is 2.68. The van der Waals surface area contributed by atoms with Crippen LogP contribution in [0.4, 0.5) is 5.69 Å². The van der Waals surface area contributed by atoms with Crippen molar-refractivity contribution in [1.29, 1.82) is 0 Å². The number of nitrogens with one attached hydrogen (secondary N) is 2. The van der Waals surface area contributed by atoms with Gasteiger partial charge in [0.2, 0.25) is 10.0 Å². The molecule has 0 amide bonds. The zero-order valence-corrected chi connectivity index (χ0v) is 13.1. The maximum atomic E-state index is 12.2. The van der Waals surface area contributed by atoms with E-state index in [1.54, 1.807) is 0 Å². The fourth-order valence-corrected chi connectivity index (χ4v) is 3.92. The van der Waals surface area contributed by atoms with Gasteiger partial charge in [0.15, 0.2) is 4.90 Å². The number of benzene rings is 1. The normalized spacial score (nSPS) is 16.5. The molecule has 1 aromatic carbocycles. The second-order valence-corrected chi connectivity index (χ2v) is 7.19. The van der Waals surface area contributed by atoms with Crippen LogP contribution in [0.25, 0.3) is 0 Å². The number of hydrogen-bond donors (Lipinski definition) is 2. The summed E-state index contributed by atoms with van der Waals surface area (Å²) in [6, 6.07) is 5.39. The average molecular weight is 327 g/mol. The van der Waals surface area contributed by atoms with E-state index in [9.17, 15) is 18.5 Å². The second-order valence-electron chi connectivity index (χ2n) is 5.46. The first-order valence-electron chi connectivity index (χ1n) is 7.44. The third-order valence-electron chi connectivity index (χ3n) is 3.89. The lowest BCUT2D eigenvalue weighted by Gasteiger charge is -2.22. The summed E-state index contributed by atoms with van der Waals surface area (Å²) in [5.74, 6) is 0.636. The molecule has 22 heavy (non-hydrogen) atoms. The van der Waals surface area contributed by atoms with Gasteiger partial charge in [-0.1, -0.05) is 12.1 Å². The Bertz CT molecular complexity index is 612. The summed E-state index contributed by atoms with van der Waals surface area (Å²) in [4.78, 5) is 9.96. The first-order chi connectivity index (χ1) is 10.5. The summed E-state index contributed by atoms with van der Waals surface area (Å²) in [5.41, 5.74) is -0.395. The minimum atomic E-state index is -3.84. The van der Waals surface area contributed by atoms with Gasteiger partial charge < -0.3 is 5.32 Å². The molecule has 0 saturated carbocycles. The molecule has 0 aliphatic carbocycles. The van der Waals surface area contributed by atoms with Crippen molar-refractivity contribution in [2.45, 2.75) is 30.6 Å². The largest absolute Gasteiger partial charge is 0.317 e. The van der Waals surface area contributed by atoms with E-state index in [1.807, 2.05) is 0 Å². The van der Waals surface area contributed by atoms with E-state index in [-0.39, 0.29) is 4.90 Å². The number of rotatable bonds is 7. The number of nitro groups is 1. The van der Waals surface area contributed by atoms with Gasteiger partial charge in [0, 0.05) is 12.6 Å². The number of para-hydroxylation sites is 1. The predicted molar refractivity (Wildman–Crippen MR) is 83.1 cm³/mol. The van der Waals surface area contributed by atoms with Crippen LogP contribution in [0.15, 0.2) is 29.2 Å². The Morgan fingerprint density at radius 1 is 1.27 bits per heavy atom. The van der Waals surface area contributed by atoms with Crippen LogP contribution in [0.3, 0.4) is 0 Å². The summed E-state index contributed by atoms with van der Waals surface area (Å²) in [6.45, 7) is 2.34. The molecule has 1 fully saturated rings. The van der Waals surface area contributed by atoms with Gasteiger partial charge in [-0.2, -0.15) is 0 Å². The highest BCUT2D eigenvalue weighted by Gasteiger charge is 2.24. The standard InChI is InChI=1S/C14H21N3O4S/c18-17(19)13-5-1-2-6-14(13)22(20,21)16-9-3-4-12-7-10-15-11-8-12/h1-2,5-6,12,15-16H,3-4,7-11H2. The van der Waals surface area contributed by atoms with Gasteiger partial charge in [0.1, 0.15) is 0 Å². The smallest absolute Gasteiger partial charge is 0.289 e. The SMILES string of the molecule is O=[N+]([O-])c1ccccc1S(=O)(=O)NCCCC1CCNCC1. The molecule has 2 N–H and O–H groups in total. The number of sulfonamides is 1. The van der Waals surface area contributed by atoms with Crippen LogP contribution < -0.4 is 10.0 Å². The molecule has 0 bridgehead atoms. The van der Waals surface area contributed by atoms with Crippen LogP contribution in [-0.2, 0) is 10.0 Å². The lowest BCUT2D eigenvalue weighted by atomic mass is 9.93. The lowest BCUT2D eigenvalue weighted by molar-refractivity contribution is -0.387. The lowest BCUT2D eigenvalue weighted by Crippen LogP contribution is -2.29. The Hall–Kier alpha value is -1.51. The van der Waals surface area contributed by atoms with Crippen molar-refractivity contribution in [3.05, 3.63) is 34.4 Å². The van der Waals surface area contributed by atoms with Crippen molar-refractivity contribution >= 4 is 15.7 Å². The minimum absolute atomic E-state index is 0.276. The average Bonchev–Trinajstić information content (AvgIpc) is 2.52. The van der Waals surface area contributed by atoms with Crippen LogP contribution in [0, 0.1) is 16.0 Å². The number of nitrogens with zero attached hydrogens (tertiary/aromatic N) is 1. The highest BCUT2D eigenvalue weighted by molar-refractivity contribution is 7.89. The first-order valence-corrected chi connectivity index (χ1v) is 8.93. The Kier molecular flexibility index (Phi) is 5.87. The molecule has 0 unspecified atom stereocenters. The maximum absolute atomic E-state index is 12.2. The van der Waals surface area contributed by atoms with E-state index in [1.165, 1.54) is 24.3 Å². The quantitative estimate of drug-likeness (QED) is 0.450. The molecule has 1 aliphatic heterocycles. The zero-order chi connectivity index (χ0) is 16.0. The molecule has 1 aliphatic rings. The first kappa shape index (κ1) is 16.9. The molecule has 1 aromatic rings. The van der Waals surface area contributed by atoms with Crippen molar-refractivity contribution in [2.24, 2.45) is 5.92 Å².